The van der Waals surface area contributed by atoms with E-state index >= 15 is 0 Å². The Kier molecular flexibility index (Phi) is 11.4. The number of hydrogen-bond acceptors (Lipinski definition) is 3. The average molecular weight is 309 g/mol. The van der Waals surface area contributed by atoms with Crippen LogP contribution in [-0.4, -0.2) is 26.7 Å². The van der Waals surface area contributed by atoms with Crippen LogP contribution in [0.25, 0.3) is 0 Å². The van der Waals surface area contributed by atoms with Crippen LogP contribution in [-0.2, 0) is 6.54 Å². The summed E-state index contributed by atoms with van der Waals surface area (Å²) in [6.45, 7) is 3.34. The van der Waals surface area contributed by atoms with Crippen LogP contribution < -0.4 is 21.1 Å². The molecule has 0 aromatic heterocycles. The zero-order valence-corrected chi connectivity index (χ0v) is 13.0. The summed E-state index contributed by atoms with van der Waals surface area (Å²) in [5.74, 6) is 1.28. The molecule has 0 saturated carbocycles. The van der Waals surface area contributed by atoms with Gasteiger partial charge in [0.1, 0.15) is 5.75 Å². The van der Waals surface area contributed by atoms with E-state index in [1.807, 2.05) is 32.2 Å². The lowest BCUT2D eigenvalue weighted by molar-refractivity contribution is 0.408. The average Bonchev–Trinajstić information content (AvgIpc) is 2.30. The number of methoxy groups -OCH3 is 1. The van der Waals surface area contributed by atoms with Gasteiger partial charge in [-0.2, -0.15) is 0 Å². The monoisotopic (exact) mass is 308 g/mol. The SMILES string of the molecule is CCN=C(N)Nc1ccc(OC)c(CNC)c1.Cl.Cl. The summed E-state index contributed by atoms with van der Waals surface area (Å²) in [5, 5.41) is 6.13. The fourth-order valence-electron chi connectivity index (χ4n) is 1.54. The first-order valence-electron chi connectivity index (χ1n) is 5.59. The smallest absolute Gasteiger partial charge is 0.193 e. The minimum absolute atomic E-state index is 0. The van der Waals surface area contributed by atoms with Gasteiger partial charge in [-0.3, -0.25) is 4.99 Å². The highest BCUT2D eigenvalue weighted by Gasteiger charge is 2.04. The number of benzene rings is 1. The Balaban J connectivity index is 0. The highest BCUT2D eigenvalue weighted by atomic mass is 35.5. The third-order valence-corrected chi connectivity index (χ3v) is 2.25. The molecule has 110 valence electrons. The molecule has 0 bridgehead atoms. The van der Waals surface area contributed by atoms with Crippen molar-refractivity contribution in [2.75, 3.05) is 26.0 Å². The number of hydrogen-bond donors (Lipinski definition) is 3. The second kappa shape index (κ2) is 10.7. The number of nitrogens with zero attached hydrogens (tertiary/aromatic N) is 1. The van der Waals surface area contributed by atoms with E-state index in [0.29, 0.717) is 12.5 Å². The first-order chi connectivity index (χ1) is 8.21. The fraction of sp³-hybridized carbons (Fsp3) is 0.417. The molecule has 0 heterocycles. The molecule has 1 aromatic carbocycles. The maximum atomic E-state index is 5.70. The first-order valence-corrected chi connectivity index (χ1v) is 5.59. The Labute approximate surface area is 126 Å². The minimum Gasteiger partial charge on any atom is -0.496 e. The molecule has 0 radical (unpaired) electrons. The first kappa shape index (κ1) is 20.2. The van der Waals surface area contributed by atoms with Gasteiger partial charge in [-0.1, -0.05) is 0 Å². The van der Waals surface area contributed by atoms with Crippen LogP contribution in [0.4, 0.5) is 5.69 Å². The fourth-order valence-corrected chi connectivity index (χ4v) is 1.54. The predicted molar refractivity (Wildman–Crippen MR) is 86.0 cm³/mol. The minimum atomic E-state index is 0. The molecule has 0 aliphatic heterocycles. The molecule has 0 saturated heterocycles. The van der Waals surface area contributed by atoms with Gasteiger partial charge in [-0.05, 0) is 32.2 Å². The van der Waals surface area contributed by atoms with Gasteiger partial charge in [-0.15, -0.1) is 24.8 Å². The summed E-state index contributed by atoms with van der Waals surface area (Å²) in [5.41, 5.74) is 7.68. The van der Waals surface area contributed by atoms with Crippen LogP contribution in [0.5, 0.6) is 5.75 Å². The van der Waals surface area contributed by atoms with Crippen molar-refractivity contribution < 1.29 is 4.74 Å². The van der Waals surface area contributed by atoms with Crippen molar-refractivity contribution in [1.29, 1.82) is 0 Å². The molecule has 5 nitrogen and oxygen atoms in total. The van der Waals surface area contributed by atoms with Gasteiger partial charge in [-0.25, -0.2) is 0 Å². The van der Waals surface area contributed by atoms with Gasteiger partial charge >= 0.3 is 0 Å². The zero-order chi connectivity index (χ0) is 12.7. The van der Waals surface area contributed by atoms with Crippen molar-refractivity contribution in [2.24, 2.45) is 10.7 Å². The largest absolute Gasteiger partial charge is 0.496 e. The van der Waals surface area contributed by atoms with Crippen molar-refractivity contribution >= 4 is 36.5 Å². The lowest BCUT2D eigenvalue weighted by Crippen LogP contribution is -2.22. The molecule has 19 heavy (non-hydrogen) atoms. The summed E-state index contributed by atoms with van der Waals surface area (Å²) >= 11 is 0. The Morgan fingerprint density at radius 2 is 2.05 bits per heavy atom. The van der Waals surface area contributed by atoms with Crippen molar-refractivity contribution in [3.8, 4) is 5.75 Å². The molecule has 1 aromatic rings. The molecule has 0 atom stereocenters. The quantitative estimate of drug-likeness (QED) is 0.575. The molecular formula is C12H22Cl2N4O. The summed E-state index contributed by atoms with van der Waals surface area (Å²) in [4.78, 5) is 4.07. The van der Waals surface area contributed by atoms with E-state index in [-0.39, 0.29) is 24.8 Å². The van der Waals surface area contributed by atoms with Gasteiger partial charge in [0.25, 0.3) is 0 Å². The molecule has 7 heteroatoms. The van der Waals surface area contributed by atoms with Crippen LogP contribution in [0.1, 0.15) is 12.5 Å². The highest BCUT2D eigenvalue weighted by Crippen LogP contribution is 2.22. The predicted octanol–water partition coefficient (Wildman–Crippen LogP) is 2.00. The summed E-state index contributed by atoms with van der Waals surface area (Å²) < 4.78 is 5.28. The second-order valence-corrected chi connectivity index (χ2v) is 3.54. The van der Waals surface area contributed by atoms with Crippen molar-refractivity contribution in [3.63, 3.8) is 0 Å². The molecule has 0 aliphatic rings. The molecule has 4 N–H and O–H groups in total. The molecule has 0 aliphatic carbocycles. The van der Waals surface area contributed by atoms with E-state index in [1.165, 1.54) is 0 Å². The summed E-state index contributed by atoms with van der Waals surface area (Å²) in [7, 11) is 3.56. The number of rotatable bonds is 5. The van der Waals surface area contributed by atoms with Crippen LogP contribution in [0, 0.1) is 0 Å². The normalized spacial score (nSPS) is 10.2. The number of halogens is 2. The van der Waals surface area contributed by atoms with Crippen LogP contribution >= 0.6 is 24.8 Å². The van der Waals surface area contributed by atoms with E-state index in [2.05, 4.69) is 15.6 Å². The van der Waals surface area contributed by atoms with E-state index in [4.69, 9.17) is 10.5 Å². The molecule has 0 fully saturated rings. The maximum absolute atomic E-state index is 5.70. The van der Waals surface area contributed by atoms with Crippen LogP contribution in [0.3, 0.4) is 0 Å². The summed E-state index contributed by atoms with van der Waals surface area (Å²) in [6, 6.07) is 5.82. The number of nitrogens with one attached hydrogen (secondary N) is 2. The topological polar surface area (TPSA) is 71.7 Å². The Hall–Kier alpha value is -1.17. The Morgan fingerprint density at radius 3 is 2.58 bits per heavy atom. The second-order valence-electron chi connectivity index (χ2n) is 3.54. The highest BCUT2D eigenvalue weighted by molar-refractivity contribution is 5.92. The molecule has 0 amide bonds. The van der Waals surface area contributed by atoms with E-state index in [9.17, 15) is 0 Å². The van der Waals surface area contributed by atoms with Gasteiger partial charge in [0.05, 0.1) is 7.11 Å². The zero-order valence-electron chi connectivity index (χ0n) is 11.4. The standard InChI is InChI=1S/C12H20N4O.2ClH/c1-4-15-12(13)16-10-5-6-11(17-3)9(7-10)8-14-2;;/h5-7,14H,4,8H2,1-3H3,(H3,13,15,16);2*1H. The number of aliphatic imine (C=N–C) groups is 1. The van der Waals surface area contributed by atoms with Gasteiger partial charge in [0.2, 0.25) is 0 Å². The van der Waals surface area contributed by atoms with Gasteiger partial charge in [0, 0.05) is 24.3 Å². The lowest BCUT2D eigenvalue weighted by Gasteiger charge is -2.11. The molecule has 1 rings (SSSR count). The summed E-state index contributed by atoms with van der Waals surface area (Å²) in [6.07, 6.45) is 0. The number of anilines is 1. The Bertz CT molecular complexity index is 399. The number of nitrogens with two attached hydrogens (primary N) is 1. The third kappa shape index (κ3) is 6.52. The molecule has 0 unspecified atom stereocenters. The van der Waals surface area contributed by atoms with E-state index < -0.39 is 0 Å². The Morgan fingerprint density at radius 1 is 1.37 bits per heavy atom. The molecule has 0 spiro atoms. The third-order valence-electron chi connectivity index (χ3n) is 2.25. The van der Waals surface area contributed by atoms with Crippen LogP contribution in [0.15, 0.2) is 23.2 Å². The number of ether oxygens (including phenoxy) is 1. The van der Waals surface area contributed by atoms with Crippen LogP contribution in [0.2, 0.25) is 0 Å². The lowest BCUT2D eigenvalue weighted by atomic mass is 10.1. The van der Waals surface area contributed by atoms with E-state index in [1.54, 1.807) is 7.11 Å². The van der Waals surface area contributed by atoms with Gasteiger partial charge in [0.15, 0.2) is 5.96 Å². The number of guanidine groups is 1. The van der Waals surface area contributed by atoms with Crippen molar-refractivity contribution in [3.05, 3.63) is 23.8 Å². The maximum Gasteiger partial charge on any atom is 0.193 e. The van der Waals surface area contributed by atoms with Gasteiger partial charge < -0.3 is 21.1 Å². The van der Waals surface area contributed by atoms with Crippen molar-refractivity contribution in [1.82, 2.24) is 5.32 Å². The molecular weight excluding hydrogens is 287 g/mol. The van der Waals surface area contributed by atoms with E-state index in [0.717, 1.165) is 23.5 Å². The van der Waals surface area contributed by atoms with Crippen molar-refractivity contribution in [2.45, 2.75) is 13.5 Å².